The van der Waals surface area contributed by atoms with Gasteiger partial charge in [0.25, 0.3) is 0 Å². The number of amides is 1. The molecule has 0 radical (unpaired) electrons. The highest BCUT2D eigenvalue weighted by molar-refractivity contribution is 5.78. The van der Waals surface area contributed by atoms with Gasteiger partial charge in [-0.05, 0) is 17.5 Å². The van der Waals surface area contributed by atoms with Crippen LogP contribution in [0, 0.1) is 0 Å². The van der Waals surface area contributed by atoms with Crippen LogP contribution in [0.4, 0.5) is 0 Å². The van der Waals surface area contributed by atoms with Crippen LogP contribution in [0.25, 0.3) is 0 Å². The molecule has 244 valence electrons. The first kappa shape index (κ1) is 35.2. The fraction of sp³-hybridized carbons (Fsp3) is 0.469. The molecule has 2 aromatic rings. The largest absolute Gasteiger partial charge is 0.481 e. The van der Waals surface area contributed by atoms with Crippen LogP contribution in [0.5, 0.6) is 0 Å². The molecule has 5 atom stereocenters. The smallest absolute Gasteiger partial charge is 0.306 e. The Balaban J connectivity index is 1.96. The van der Waals surface area contributed by atoms with Gasteiger partial charge < -0.3 is 39.2 Å². The summed E-state index contributed by atoms with van der Waals surface area (Å²) in [6.07, 6.45) is -5.80. The average molecular weight is 630 g/mol. The van der Waals surface area contributed by atoms with Gasteiger partial charge in [0.1, 0.15) is 24.9 Å². The normalized spacial score (nSPS) is 21.0. The number of nitrogens with one attached hydrogen (secondary N) is 1. The summed E-state index contributed by atoms with van der Waals surface area (Å²) >= 11 is 0. The van der Waals surface area contributed by atoms with E-state index in [0.717, 1.165) is 11.1 Å². The molecule has 0 bridgehead atoms. The van der Waals surface area contributed by atoms with E-state index in [0.29, 0.717) is 6.42 Å². The van der Waals surface area contributed by atoms with Crippen LogP contribution in [0.15, 0.2) is 60.7 Å². The summed E-state index contributed by atoms with van der Waals surface area (Å²) in [5, 5.41) is 20.9. The molecule has 0 spiro atoms. The molecule has 3 N–H and O–H groups in total. The lowest BCUT2D eigenvalue weighted by molar-refractivity contribution is -0.286. The van der Waals surface area contributed by atoms with Crippen molar-refractivity contribution in [2.24, 2.45) is 0 Å². The molecule has 45 heavy (non-hydrogen) atoms. The van der Waals surface area contributed by atoms with Gasteiger partial charge in [0, 0.05) is 6.42 Å². The Kier molecular flexibility index (Phi) is 14.4. The van der Waals surface area contributed by atoms with Crippen LogP contribution in [0.1, 0.15) is 56.6 Å². The van der Waals surface area contributed by atoms with Gasteiger partial charge in [-0.25, -0.2) is 0 Å². The van der Waals surface area contributed by atoms with Gasteiger partial charge in [-0.1, -0.05) is 67.6 Å². The summed E-state index contributed by atoms with van der Waals surface area (Å²) < 4.78 is 29.7. The zero-order valence-corrected chi connectivity index (χ0v) is 25.0. The minimum Gasteiger partial charge on any atom is -0.481 e. The molecule has 1 fully saturated rings. The fourth-order valence-corrected chi connectivity index (χ4v) is 4.55. The minimum atomic E-state index is -1.29. The standard InChI is InChI=1S/C32H39NO12/c1-2-9-24(34)33-29-31(42-18-21-10-5-3-6-11-21)30(45-28(40)17-15-26(37)38)23(20-41-27(39)16-14-25(35)36)44-32(29)43-19-22-12-7-4-8-13-22/h3-8,10-13,23,29-32H,2,9,14-20H2,1H3,(H,33,34)(H,35,36)(H,37,38)/t23-,29-,30-,31-,32?/m1/s1. The second kappa shape index (κ2) is 18.5. The number of esters is 2. The number of carboxylic acids is 2. The molecule has 1 unspecified atom stereocenters. The first-order valence-corrected chi connectivity index (χ1v) is 14.7. The van der Waals surface area contributed by atoms with Crippen molar-refractivity contribution in [1.82, 2.24) is 5.32 Å². The van der Waals surface area contributed by atoms with Gasteiger partial charge in [-0.3, -0.25) is 24.0 Å². The third-order valence-electron chi connectivity index (χ3n) is 6.76. The van der Waals surface area contributed by atoms with Crippen molar-refractivity contribution >= 4 is 29.8 Å². The van der Waals surface area contributed by atoms with E-state index in [-0.39, 0.29) is 25.5 Å². The van der Waals surface area contributed by atoms with Gasteiger partial charge in [0.15, 0.2) is 12.4 Å². The van der Waals surface area contributed by atoms with E-state index >= 15 is 0 Å². The molecular weight excluding hydrogens is 590 g/mol. The van der Waals surface area contributed by atoms with E-state index in [1.165, 1.54) is 0 Å². The van der Waals surface area contributed by atoms with Crippen LogP contribution in [0.2, 0.25) is 0 Å². The van der Waals surface area contributed by atoms with E-state index in [4.69, 9.17) is 33.9 Å². The summed E-state index contributed by atoms with van der Waals surface area (Å²) in [5.41, 5.74) is 1.58. The topological polar surface area (TPSA) is 184 Å². The van der Waals surface area contributed by atoms with Crippen molar-refractivity contribution < 1.29 is 57.9 Å². The molecular formula is C32H39NO12. The maximum absolute atomic E-state index is 12.9. The third-order valence-corrected chi connectivity index (χ3v) is 6.76. The maximum Gasteiger partial charge on any atom is 0.306 e. The number of aliphatic carboxylic acids is 2. The number of hydrogen-bond acceptors (Lipinski definition) is 10. The van der Waals surface area contributed by atoms with Crippen LogP contribution in [-0.4, -0.2) is 77.2 Å². The Morgan fingerprint density at radius 2 is 1.29 bits per heavy atom. The second-order valence-corrected chi connectivity index (χ2v) is 10.4. The summed E-state index contributed by atoms with van der Waals surface area (Å²) in [4.78, 5) is 60.1. The number of hydrogen-bond donors (Lipinski definition) is 3. The highest BCUT2D eigenvalue weighted by atomic mass is 16.7. The number of benzene rings is 2. The SMILES string of the molecule is CCCC(=O)N[C@H]1C(OCc2ccccc2)O[C@H](COC(=O)CCC(=O)O)[C@@H](OC(=O)CCC(=O)O)[C@@H]1OCc1ccccc1. The monoisotopic (exact) mass is 629 g/mol. The molecule has 0 aliphatic carbocycles. The molecule has 0 saturated carbocycles. The van der Waals surface area contributed by atoms with Crippen molar-refractivity contribution in [2.45, 2.75) is 89.3 Å². The molecule has 3 rings (SSSR count). The lowest BCUT2D eigenvalue weighted by Gasteiger charge is -2.45. The Hall–Kier alpha value is -4.33. The van der Waals surface area contributed by atoms with Crippen molar-refractivity contribution in [2.75, 3.05) is 6.61 Å². The molecule has 1 amide bonds. The Morgan fingerprint density at radius 1 is 0.733 bits per heavy atom. The first-order chi connectivity index (χ1) is 21.7. The van der Waals surface area contributed by atoms with Crippen LogP contribution in [-0.2, 0) is 60.9 Å². The van der Waals surface area contributed by atoms with E-state index in [1.807, 2.05) is 67.6 Å². The van der Waals surface area contributed by atoms with Gasteiger partial charge in [0.2, 0.25) is 5.91 Å². The van der Waals surface area contributed by atoms with Crippen molar-refractivity contribution in [3.05, 3.63) is 71.8 Å². The zero-order chi connectivity index (χ0) is 32.6. The molecule has 1 saturated heterocycles. The van der Waals surface area contributed by atoms with Gasteiger partial charge in [0.05, 0.1) is 38.9 Å². The third kappa shape index (κ3) is 12.3. The predicted octanol–water partition coefficient (Wildman–Crippen LogP) is 2.98. The quantitative estimate of drug-likeness (QED) is 0.205. The minimum absolute atomic E-state index is 0.0331. The van der Waals surface area contributed by atoms with Crippen LogP contribution >= 0.6 is 0 Å². The van der Waals surface area contributed by atoms with Gasteiger partial charge in [-0.2, -0.15) is 0 Å². The van der Waals surface area contributed by atoms with E-state index in [9.17, 15) is 24.0 Å². The van der Waals surface area contributed by atoms with Gasteiger partial charge >= 0.3 is 23.9 Å². The van der Waals surface area contributed by atoms with E-state index in [1.54, 1.807) is 0 Å². The molecule has 1 heterocycles. The zero-order valence-electron chi connectivity index (χ0n) is 25.0. The van der Waals surface area contributed by atoms with Crippen molar-refractivity contribution in [1.29, 1.82) is 0 Å². The van der Waals surface area contributed by atoms with Crippen molar-refractivity contribution in [3.8, 4) is 0 Å². The van der Waals surface area contributed by atoms with Crippen LogP contribution in [0.3, 0.4) is 0 Å². The summed E-state index contributed by atoms with van der Waals surface area (Å²) in [6, 6.07) is 17.3. The first-order valence-electron chi connectivity index (χ1n) is 14.7. The molecule has 13 nitrogen and oxygen atoms in total. The molecule has 0 aromatic heterocycles. The van der Waals surface area contributed by atoms with Gasteiger partial charge in [-0.15, -0.1) is 0 Å². The predicted molar refractivity (Wildman–Crippen MR) is 156 cm³/mol. The Bertz CT molecular complexity index is 1260. The van der Waals surface area contributed by atoms with E-state index < -0.39 is 86.8 Å². The molecule has 1 aliphatic rings. The fourth-order valence-electron chi connectivity index (χ4n) is 4.55. The number of rotatable bonds is 18. The number of ether oxygens (including phenoxy) is 5. The maximum atomic E-state index is 12.9. The van der Waals surface area contributed by atoms with E-state index in [2.05, 4.69) is 5.32 Å². The average Bonchev–Trinajstić information content (AvgIpc) is 3.02. The lowest BCUT2D eigenvalue weighted by Crippen LogP contribution is -2.66. The van der Waals surface area contributed by atoms with Crippen LogP contribution < -0.4 is 5.32 Å². The van der Waals surface area contributed by atoms with Crippen molar-refractivity contribution in [3.63, 3.8) is 0 Å². The lowest BCUT2D eigenvalue weighted by atomic mass is 9.95. The Labute approximate surface area is 260 Å². The molecule has 13 heteroatoms. The second-order valence-electron chi connectivity index (χ2n) is 10.4. The highest BCUT2D eigenvalue weighted by Gasteiger charge is 2.50. The number of carboxylic acid groups (broad SMARTS) is 2. The highest BCUT2D eigenvalue weighted by Crippen LogP contribution is 2.29. The summed E-state index contributed by atoms with van der Waals surface area (Å²) in [6.45, 7) is 1.48. The number of carbonyl (C=O) groups excluding carboxylic acids is 3. The molecule has 2 aromatic carbocycles. The number of carbonyl (C=O) groups is 5. The summed E-state index contributed by atoms with van der Waals surface area (Å²) in [5.74, 6) is -4.41. The molecule has 1 aliphatic heterocycles. The Morgan fingerprint density at radius 3 is 1.84 bits per heavy atom. The summed E-state index contributed by atoms with van der Waals surface area (Å²) in [7, 11) is 0.